The Morgan fingerprint density at radius 2 is 1.40 bits per heavy atom. The molecule has 88 valence electrons. The van der Waals surface area contributed by atoms with Gasteiger partial charge in [0.05, 0.1) is 21.1 Å². The fourth-order valence-electron chi connectivity index (χ4n) is 2.98. The first kappa shape index (κ1) is 11.4. The van der Waals surface area contributed by atoms with Gasteiger partial charge in [-0.25, -0.2) is 0 Å². The van der Waals surface area contributed by atoms with Crippen molar-refractivity contribution in [2.45, 2.75) is 43.9 Å². The third kappa shape index (κ3) is 2.52. The predicted molar refractivity (Wildman–Crippen MR) is 59.8 cm³/mol. The number of quaternary nitrogens is 1. The van der Waals surface area contributed by atoms with Crippen LogP contribution in [-0.2, 0) is 9.47 Å². The molecule has 0 aromatic carbocycles. The SMILES string of the molecule is C[N+](C)(C)C(C1CCCO1)C1CCCO1. The standard InChI is InChI=1S/C12H24NO2/c1-13(2,3)12(10-6-4-8-14-10)11-7-5-9-15-11/h10-12H,4-9H2,1-3H3/q+1. The van der Waals surface area contributed by atoms with Gasteiger partial charge in [-0.15, -0.1) is 0 Å². The van der Waals surface area contributed by atoms with E-state index < -0.39 is 0 Å². The lowest BCUT2D eigenvalue weighted by molar-refractivity contribution is -0.903. The van der Waals surface area contributed by atoms with Crippen LogP contribution in [0.5, 0.6) is 0 Å². The molecule has 2 aliphatic heterocycles. The van der Waals surface area contributed by atoms with E-state index in [4.69, 9.17) is 9.47 Å². The molecule has 0 spiro atoms. The van der Waals surface area contributed by atoms with Crippen molar-refractivity contribution in [2.24, 2.45) is 0 Å². The van der Waals surface area contributed by atoms with Crippen molar-refractivity contribution < 1.29 is 14.0 Å². The van der Waals surface area contributed by atoms with Crippen molar-refractivity contribution in [1.29, 1.82) is 0 Å². The summed E-state index contributed by atoms with van der Waals surface area (Å²) in [6.45, 7) is 1.88. The molecule has 0 aromatic rings. The summed E-state index contributed by atoms with van der Waals surface area (Å²) in [6, 6.07) is 0.509. The van der Waals surface area contributed by atoms with Crippen LogP contribution in [0, 0.1) is 0 Å². The summed E-state index contributed by atoms with van der Waals surface area (Å²) in [4.78, 5) is 0. The number of likely N-dealkylation sites (N-methyl/N-ethyl adjacent to an activating group) is 1. The second-order valence-corrected chi connectivity index (χ2v) is 5.71. The second kappa shape index (κ2) is 4.40. The van der Waals surface area contributed by atoms with E-state index in [1.807, 2.05) is 0 Å². The Morgan fingerprint density at radius 1 is 0.933 bits per heavy atom. The van der Waals surface area contributed by atoms with Crippen molar-refractivity contribution in [3.63, 3.8) is 0 Å². The van der Waals surface area contributed by atoms with Crippen LogP contribution >= 0.6 is 0 Å². The second-order valence-electron chi connectivity index (χ2n) is 5.71. The minimum atomic E-state index is 0.410. The highest BCUT2D eigenvalue weighted by atomic mass is 16.5. The van der Waals surface area contributed by atoms with Gasteiger partial charge < -0.3 is 14.0 Å². The molecule has 2 heterocycles. The maximum Gasteiger partial charge on any atom is 0.141 e. The van der Waals surface area contributed by atoms with Crippen molar-refractivity contribution in [1.82, 2.24) is 0 Å². The zero-order valence-corrected chi connectivity index (χ0v) is 10.2. The van der Waals surface area contributed by atoms with Crippen LogP contribution in [0.15, 0.2) is 0 Å². The lowest BCUT2D eigenvalue weighted by Gasteiger charge is -2.40. The molecular formula is C12H24NO2+. The molecule has 0 radical (unpaired) electrons. The monoisotopic (exact) mass is 214 g/mol. The molecule has 3 nitrogen and oxygen atoms in total. The molecule has 15 heavy (non-hydrogen) atoms. The lowest BCUT2D eigenvalue weighted by Crippen LogP contribution is -2.57. The lowest BCUT2D eigenvalue weighted by atomic mass is 9.97. The Kier molecular flexibility index (Phi) is 3.33. The highest BCUT2D eigenvalue weighted by Crippen LogP contribution is 2.29. The highest BCUT2D eigenvalue weighted by molar-refractivity contribution is 4.84. The van der Waals surface area contributed by atoms with Crippen molar-refractivity contribution in [3.05, 3.63) is 0 Å². The fourth-order valence-corrected chi connectivity index (χ4v) is 2.98. The Labute approximate surface area is 92.9 Å². The van der Waals surface area contributed by atoms with Gasteiger partial charge in [0.2, 0.25) is 0 Å². The summed E-state index contributed by atoms with van der Waals surface area (Å²) in [7, 11) is 6.77. The summed E-state index contributed by atoms with van der Waals surface area (Å²) >= 11 is 0. The first-order valence-corrected chi connectivity index (χ1v) is 6.13. The van der Waals surface area contributed by atoms with Crippen LogP contribution in [0.1, 0.15) is 25.7 Å². The normalized spacial score (nSPS) is 34.6. The van der Waals surface area contributed by atoms with Crippen LogP contribution < -0.4 is 0 Å². The molecule has 0 amide bonds. The quantitative estimate of drug-likeness (QED) is 0.662. The smallest absolute Gasteiger partial charge is 0.141 e. The van der Waals surface area contributed by atoms with Gasteiger partial charge in [0.25, 0.3) is 0 Å². The molecule has 0 bridgehead atoms. The van der Waals surface area contributed by atoms with Gasteiger partial charge in [0, 0.05) is 13.2 Å². The Bertz CT molecular complexity index is 184. The Morgan fingerprint density at radius 3 is 1.67 bits per heavy atom. The number of ether oxygens (including phenoxy) is 2. The Balaban J connectivity index is 2.07. The molecule has 0 saturated carbocycles. The largest absolute Gasteiger partial charge is 0.372 e. The molecule has 2 saturated heterocycles. The first-order chi connectivity index (χ1) is 7.09. The van der Waals surface area contributed by atoms with E-state index in [2.05, 4.69) is 21.1 Å². The fraction of sp³-hybridized carbons (Fsp3) is 1.00. The van der Waals surface area contributed by atoms with Gasteiger partial charge in [-0.05, 0) is 25.7 Å². The molecule has 3 heteroatoms. The van der Waals surface area contributed by atoms with E-state index in [1.165, 1.54) is 25.7 Å². The van der Waals surface area contributed by atoms with Gasteiger partial charge >= 0.3 is 0 Å². The molecule has 0 aromatic heterocycles. The average molecular weight is 214 g/mol. The predicted octanol–water partition coefficient (Wildman–Crippen LogP) is 1.42. The van der Waals surface area contributed by atoms with Crippen molar-refractivity contribution in [2.75, 3.05) is 34.4 Å². The third-order valence-electron chi connectivity index (χ3n) is 3.59. The molecule has 2 fully saturated rings. The zero-order valence-electron chi connectivity index (χ0n) is 10.2. The minimum absolute atomic E-state index is 0.410. The van der Waals surface area contributed by atoms with Crippen LogP contribution in [0.3, 0.4) is 0 Å². The Hall–Kier alpha value is -0.120. The van der Waals surface area contributed by atoms with E-state index in [9.17, 15) is 0 Å². The van der Waals surface area contributed by atoms with Gasteiger partial charge in [0.1, 0.15) is 18.2 Å². The molecule has 2 rings (SSSR count). The maximum absolute atomic E-state index is 5.86. The summed E-state index contributed by atoms with van der Waals surface area (Å²) in [5.74, 6) is 0. The number of hydrogen-bond donors (Lipinski definition) is 0. The average Bonchev–Trinajstić information content (AvgIpc) is 2.73. The molecule has 2 unspecified atom stereocenters. The molecule has 2 aliphatic rings. The summed E-state index contributed by atoms with van der Waals surface area (Å²) in [5.41, 5.74) is 0. The van der Waals surface area contributed by atoms with Gasteiger partial charge in [-0.3, -0.25) is 0 Å². The van der Waals surface area contributed by atoms with Crippen molar-refractivity contribution >= 4 is 0 Å². The van der Waals surface area contributed by atoms with E-state index in [-0.39, 0.29) is 0 Å². The minimum Gasteiger partial charge on any atom is -0.372 e. The summed E-state index contributed by atoms with van der Waals surface area (Å²) in [6.07, 6.45) is 5.67. The molecule has 2 atom stereocenters. The first-order valence-electron chi connectivity index (χ1n) is 6.13. The van der Waals surface area contributed by atoms with Crippen LogP contribution in [0.25, 0.3) is 0 Å². The molecular weight excluding hydrogens is 190 g/mol. The van der Waals surface area contributed by atoms with E-state index in [0.29, 0.717) is 18.2 Å². The van der Waals surface area contributed by atoms with E-state index in [1.54, 1.807) is 0 Å². The van der Waals surface area contributed by atoms with E-state index in [0.717, 1.165) is 17.7 Å². The number of hydrogen-bond acceptors (Lipinski definition) is 2. The molecule has 0 N–H and O–H groups in total. The summed E-state index contributed by atoms with van der Waals surface area (Å²) < 4.78 is 12.7. The maximum atomic E-state index is 5.86. The number of nitrogens with zero attached hydrogens (tertiary/aromatic N) is 1. The van der Waals surface area contributed by atoms with Crippen LogP contribution in [0.2, 0.25) is 0 Å². The van der Waals surface area contributed by atoms with Crippen LogP contribution in [0.4, 0.5) is 0 Å². The van der Waals surface area contributed by atoms with Crippen LogP contribution in [-0.4, -0.2) is 57.1 Å². The van der Waals surface area contributed by atoms with Gasteiger partial charge in [0.15, 0.2) is 0 Å². The topological polar surface area (TPSA) is 18.5 Å². The van der Waals surface area contributed by atoms with Gasteiger partial charge in [-0.1, -0.05) is 0 Å². The summed E-state index contributed by atoms with van der Waals surface area (Å²) in [5, 5.41) is 0. The zero-order chi connectivity index (χ0) is 10.9. The van der Waals surface area contributed by atoms with Crippen molar-refractivity contribution in [3.8, 4) is 0 Å². The molecule has 0 aliphatic carbocycles. The third-order valence-corrected chi connectivity index (χ3v) is 3.59. The van der Waals surface area contributed by atoms with Gasteiger partial charge in [-0.2, -0.15) is 0 Å². The van der Waals surface area contributed by atoms with E-state index >= 15 is 0 Å². The highest BCUT2D eigenvalue weighted by Gasteiger charge is 2.43. The number of rotatable bonds is 3.